The van der Waals surface area contributed by atoms with E-state index in [2.05, 4.69) is 30.2 Å². The number of benzene rings is 1. The largest absolute Gasteiger partial charge is 0.353 e. The van der Waals surface area contributed by atoms with Crippen LogP contribution in [0.5, 0.6) is 0 Å². The van der Waals surface area contributed by atoms with E-state index in [0.29, 0.717) is 43.6 Å². The SMILES string of the molecule is Cc1nc(-c2ccc(N3CCN(C(=O)c4cnn(-c5ccccc5)n4)CC3)nc2)no1. The molecule has 4 aromatic rings. The Morgan fingerprint density at radius 1 is 1.00 bits per heavy atom. The van der Waals surface area contributed by atoms with Crippen molar-refractivity contribution in [3.05, 3.63) is 66.4 Å². The van der Waals surface area contributed by atoms with Crippen molar-refractivity contribution in [3.63, 3.8) is 0 Å². The summed E-state index contributed by atoms with van der Waals surface area (Å²) in [6.07, 6.45) is 3.25. The van der Waals surface area contributed by atoms with E-state index in [1.54, 1.807) is 18.0 Å². The molecular formula is C21H20N8O2. The molecule has 0 radical (unpaired) electrons. The lowest BCUT2D eigenvalue weighted by molar-refractivity contribution is 0.0740. The van der Waals surface area contributed by atoms with Gasteiger partial charge in [-0.1, -0.05) is 23.4 Å². The molecule has 156 valence electrons. The van der Waals surface area contributed by atoms with Crippen LogP contribution in [0.1, 0.15) is 16.4 Å². The summed E-state index contributed by atoms with van der Waals surface area (Å²) in [5.74, 6) is 1.78. The fraction of sp³-hybridized carbons (Fsp3) is 0.238. The summed E-state index contributed by atoms with van der Waals surface area (Å²) >= 11 is 0. The topological polar surface area (TPSA) is 106 Å². The number of aryl methyl sites for hydroxylation is 1. The predicted molar refractivity (Wildman–Crippen MR) is 112 cm³/mol. The average Bonchev–Trinajstić information content (AvgIpc) is 3.49. The summed E-state index contributed by atoms with van der Waals surface area (Å²) < 4.78 is 5.01. The second-order valence-corrected chi connectivity index (χ2v) is 7.18. The van der Waals surface area contributed by atoms with Crippen LogP contribution >= 0.6 is 0 Å². The van der Waals surface area contributed by atoms with E-state index >= 15 is 0 Å². The van der Waals surface area contributed by atoms with Crippen LogP contribution < -0.4 is 4.90 Å². The molecule has 0 saturated carbocycles. The predicted octanol–water partition coefficient (Wildman–Crippen LogP) is 1.98. The zero-order valence-electron chi connectivity index (χ0n) is 16.9. The number of carbonyl (C=O) groups excluding carboxylic acids is 1. The quantitative estimate of drug-likeness (QED) is 0.497. The Bertz CT molecular complexity index is 1180. The Labute approximate surface area is 178 Å². The lowest BCUT2D eigenvalue weighted by Crippen LogP contribution is -2.49. The number of anilines is 1. The van der Waals surface area contributed by atoms with Crippen molar-refractivity contribution < 1.29 is 9.32 Å². The molecule has 0 N–H and O–H groups in total. The second kappa shape index (κ2) is 7.98. The molecule has 5 rings (SSSR count). The van der Waals surface area contributed by atoms with Gasteiger partial charge >= 0.3 is 0 Å². The van der Waals surface area contributed by atoms with Crippen LogP contribution in [0.4, 0.5) is 5.82 Å². The van der Waals surface area contributed by atoms with Crippen molar-refractivity contribution in [2.24, 2.45) is 0 Å². The van der Waals surface area contributed by atoms with Gasteiger partial charge in [-0.15, -0.1) is 5.10 Å². The number of nitrogens with zero attached hydrogens (tertiary/aromatic N) is 8. The first-order chi connectivity index (χ1) is 15.2. The number of hydrogen-bond acceptors (Lipinski definition) is 8. The first-order valence-electron chi connectivity index (χ1n) is 9.96. The summed E-state index contributed by atoms with van der Waals surface area (Å²) in [5.41, 5.74) is 1.96. The zero-order valence-corrected chi connectivity index (χ0v) is 16.9. The minimum atomic E-state index is -0.113. The Balaban J connectivity index is 1.21. The van der Waals surface area contributed by atoms with Crippen LogP contribution in [0, 0.1) is 6.92 Å². The molecule has 0 aliphatic carbocycles. The molecular weight excluding hydrogens is 396 g/mol. The van der Waals surface area contributed by atoms with Gasteiger partial charge in [-0.05, 0) is 24.3 Å². The maximum Gasteiger partial charge on any atom is 0.276 e. The van der Waals surface area contributed by atoms with Gasteiger partial charge in [-0.2, -0.15) is 14.9 Å². The number of carbonyl (C=O) groups is 1. The van der Waals surface area contributed by atoms with Gasteiger partial charge in [0.15, 0.2) is 5.69 Å². The number of piperazine rings is 1. The van der Waals surface area contributed by atoms with E-state index in [0.717, 1.165) is 17.1 Å². The van der Waals surface area contributed by atoms with Crippen molar-refractivity contribution in [1.82, 2.24) is 35.0 Å². The third-order valence-corrected chi connectivity index (χ3v) is 5.12. The first kappa shape index (κ1) is 18.9. The van der Waals surface area contributed by atoms with Crippen LogP contribution in [0.3, 0.4) is 0 Å². The molecule has 3 aromatic heterocycles. The van der Waals surface area contributed by atoms with Crippen LogP contribution in [0.25, 0.3) is 17.1 Å². The number of para-hydroxylation sites is 1. The number of aromatic nitrogens is 6. The van der Waals surface area contributed by atoms with E-state index in [-0.39, 0.29) is 5.91 Å². The normalized spacial score (nSPS) is 14.1. The molecule has 1 aromatic carbocycles. The Hall–Kier alpha value is -4.08. The Kier molecular flexibility index (Phi) is 4.87. The van der Waals surface area contributed by atoms with Crippen LogP contribution in [-0.4, -0.2) is 67.1 Å². The number of pyridine rings is 1. The van der Waals surface area contributed by atoms with Gasteiger partial charge in [0.05, 0.1) is 11.9 Å². The highest BCUT2D eigenvalue weighted by atomic mass is 16.5. The zero-order chi connectivity index (χ0) is 21.2. The van der Waals surface area contributed by atoms with Crippen LogP contribution in [0.2, 0.25) is 0 Å². The van der Waals surface area contributed by atoms with Gasteiger partial charge in [0.25, 0.3) is 5.91 Å². The Morgan fingerprint density at radius 2 is 1.81 bits per heavy atom. The highest BCUT2D eigenvalue weighted by molar-refractivity contribution is 5.92. The smallest absolute Gasteiger partial charge is 0.276 e. The molecule has 0 bridgehead atoms. The molecule has 1 aliphatic heterocycles. The molecule has 1 fully saturated rings. The van der Waals surface area contributed by atoms with Crippen LogP contribution in [-0.2, 0) is 0 Å². The maximum atomic E-state index is 12.8. The monoisotopic (exact) mass is 416 g/mol. The van der Waals surface area contributed by atoms with Crippen molar-refractivity contribution in [2.45, 2.75) is 6.92 Å². The molecule has 0 spiro atoms. The molecule has 31 heavy (non-hydrogen) atoms. The van der Waals surface area contributed by atoms with Gasteiger partial charge in [-0.3, -0.25) is 4.79 Å². The van der Waals surface area contributed by atoms with Crippen molar-refractivity contribution in [2.75, 3.05) is 31.1 Å². The standard InChI is InChI=1S/C21H20N8O2/c1-15-24-20(26-31-15)16-7-8-19(22-13-16)27-9-11-28(12-10-27)21(30)18-14-23-29(25-18)17-5-3-2-4-6-17/h2-8,13-14H,9-12H2,1H3. The van der Waals surface area contributed by atoms with Gasteiger partial charge in [0, 0.05) is 44.9 Å². The van der Waals surface area contributed by atoms with E-state index in [1.807, 2.05) is 42.5 Å². The molecule has 1 saturated heterocycles. The number of rotatable bonds is 4. The molecule has 0 unspecified atom stereocenters. The third-order valence-electron chi connectivity index (χ3n) is 5.12. The lowest BCUT2D eigenvalue weighted by atomic mass is 10.2. The summed E-state index contributed by atoms with van der Waals surface area (Å²) in [6, 6.07) is 13.4. The highest BCUT2D eigenvalue weighted by Gasteiger charge is 2.25. The third kappa shape index (κ3) is 3.87. The molecule has 0 atom stereocenters. The van der Waals surface area contributed by atoms with Gasteiger partial charge in [0.1, 0.15) is 5.82 Å². The average molecular weight is 416 g/mol. The van der Waals surface area contributed by atoms with Gasteiger partial charge in [0.2, 0.25) is 11.7 Å². The molecule has 10 nitrogen and oxygen atoms in total. The fourth-order valence-electron chi connectivity index (χ4n) is 3.47. The fourth-order valence-corrected chi connectivity index (χ4v) is 3.47. The highest BCUT2D eigenvalue weighted by Crippen LogP contribution is 2.20. The van der Waals surface area contributed by atoms with Crippen molar-refractivity contribution >= 4 is 11.7 Å². The van der Waals surface area contributed by atoms with E-state index < -0.39 is 0 Å². The number of hydrogen-bond donors (Lipinski definition) is 0. The van der Waals surface area contributed by atoms with E-state index in [4.69, 9.17) is 4.52 Å². The first-order valence-corrected chi connectivity index (χ1v) is 9.96. The van der Waals surface area contributed by atoms with Gasteiger partial charge in [-0.25, -0.2) is 4.98 Å². The van der Waals surface area contributed by atoms with Gasteiger partial charge < -0.3 is 14.3 Å². The minimum absolute atomic E-state index is 0.113. The summed E-state index contributed by atoms with van der Waals surface area (Å²) in [6.45, 7) is 4.30. The van der Waals surface area contributed by atoms with E-state index in [1.165, 1.54) is 11.0 Å². The number of amides is 1. The van der Waals surface area contributed by atoms with Crippen molar-refractivity contribution in [3.8, 4) is 17.1 Å². The maximum absolute atomic E-state index is 12.8. The summed E-state index contributed by atoms with van der Waals surface area (Å²) in [7, 11) is 0. The second-order valence-electron chi connectivity index (χ2n) is 7.18. The Morgan fingerprint density at radius 3 is 2.48 bits per heavy atom. The minimum Gasteiger partial charge on any atom is -0.353 e. The summed E-state index contributed by atoms with van der Waals surface area (Å²) in [5, 5.41) is 12.5. The van der Waals surface area contributed by atoms with Crippen LogP contribution in [0.15, 0.2) is 59.4 Å². The molecule has 1 amide bonds. The van der Waals surface area contributed by atoms with Crippen molar-refractivity contribution in [1.29, 1.82) is 0 Å². The lowest BCUT2D eigenvalue weighted by Gasteiger charge is -2.35. The molecule has 10 heteroatoms. The molecule has 4 heterocycles. The van der Waals surface area contributed by atoms with E-state index in [9.17, 15) is 4.79 Å². The molecule has 1 aliphatic rings. The summed E-state index contributed by atoms with van der Waals surface area (Å²) in [4.78, 5) is 27.0.